The van der Waals surface area contributed by atoms with Gasteiger partial charge in [-0.3, -0.25) is 9.88 Å². The standard InChI is InChI=1S/C17H20BrN3O.ClH/c1-22-15-2-3-16(18)14(10-15)12-21-9-8-20-11-17(21)13-4-6-19-7-5-13;/h2-7,10,17,20H,8-9,11-12H2,1H3;1H. The van der Waals surface area contributed by atoms with Gasteiger partial charge in [-0.15, -0.1) is 12.4 Å². The molecule has 1 fully saturated rings. The number of piperazine rings is 1. The molecule has 124 valence electrons. The second-order valence-electron chi connectivity index (χ2n) is 5.43. The van der Waals surface area contributed by atoms with Crippen LogP contribution in [0.5, 0.6) is 5.75 Å². The van der Waals surface area contributed by atoms with Crippen molar-refractivity contribution < 1.29 is 4.74 Å². The Labute approximate surface area is 151 Å². The van der Waals surface area contributed by atoms with E-state index in [1.165, 1.54) is 11.1 Å². The van der Waals surface area contributed by atoms with Crippen molar-refractivity contribution in [3.63, 3.8) is 0 Å². The number of methoxy groups -OCH3 is 1. The first-order valence-corrected chi connectivity index (χ1v) is 8.24. The highest BCUT2D eigenvalue weighted by Gasteiger charge is 2.24. The molecule has 1 aliphatic heterocycles. The van der Waals surface area contributed by atoms with Gasteiger partial charge in [0.1, 0.15) is 5.75 Å². The molecular weight excluding hydrogens is 378 g/mol. The topological polar surface area (TPSA) is 37.4 Å². The molecule has 1 aliphatic rings. The van der Waals surface area contributed by atoms with Gasteiger partial charge in [-0.25, -0.2) is 0 Å². The Bertz CT molecular complexity index is 626. The van der Waals surface area contributed by atoms with Gasteiger partial charge >= 0.3 is 0 Å². The molecule has 1 atom stereocenters. The minimum Gasteiger partial charge on any atom is -0.497 e. The number of hydrogen-bond acceptors (Lipinski definition) is 4. The monoisotopic (exact) mass is 397 g/mol. The number of aromatic nitrogens is 1. The van der Waals surface area contributed by atoms with Crippen LogP contribution < -0.4 is 10.1 Å². The summed E-state index contributed by atoms with van der Waals surface area (Å²) in [6.07, 6.45) is 3.73. The van der Waals surface area contributed by atoms with Gasteiger partial charge in [-0.05, 0) is 41.5 Å². The molecule has 3 rings (SSSR count). The quantitative estimate of drug-likeness (QED) is 0.856. The third-order valence-electron chi connectivity index (χ3n) is 4.07. The molecule has 1 N–H and O–H groups in total. The molecule has 1 aromatic heterocycles. The second kappa shape index (κ2) is 8.64. The Hall–Kier alpha value is -1.14. The molecular formula is C17H21BrClN3O. The lowest BCUT2D eigenvalue weighted by molar-refractivity contribution is 0.153. The SMILES string of the molecule is COc1ccc(Br)c(CN2CCNCC2c2ccncc2)c1.Cl. The van der Waals surface area contributed by atoms with Crippen molar-refractivity contribution in [3.05, 3.63) is 58.3 Å². The average Bonchev–Trinajstić information content (AvgIpc) is 2.58. The number of hydrogen-bond donors (Lipinski definition) is 1. The van der Waals surface area contributed by atoms with Gasteiger partial charge < -0.3 is 10.1 Å². The van der Waals surface area contributed by atoms with E-state index in [1.807, 2.05) is 18.5 Å². The fraction of sp³-hybridized carbons (Fsp3) is 0.353. The first-order chi connectivity index (χ1) is 10.8. The molecule has 6 heteroatoms. The molecule has 2 aromatic rings. The summed E-state index contributed by atoms with van der Waals surface area (Å²) in [5.41, 5.74) is 2.56. The number of benzene rings is 1. The summed E-state index contributed by atoms with van der Waals surface area (Å²) in [6, 6.07) is 10.7. The van der Waals surface area contributed by atoms with Crippen molar-refractivity contribution in [2.45, 2.75) is 12.6 Å². The number of halogens is 2. The molecule has 23 heavy (non-hydrogen) atoms. The fourth-order valence-electron chi connectivity index (χ4n) is 2.87. The van der Waals surface area contributed by atoms with E-state index < -0.39 is 0 Å². The molecule has 4 nitrogen and oxygen atoms in total. The zero-order valence-corrected chi connectivity index (χ0v) is 15.4. The van der Waals surface area contributed by atoms with Gasteiger partial charge in [0, 0.05) is 49.1 Å². The fourth-order valence-corrected chi connectivity index (χ4v) is 3.24. The minimum absolute atomic E-state index is 0. The zero-order chi connectivity index (χ0) is 15.4. The Balaban J connectivity index is 0.00000192. The number of pyridine rings is 1. The van der Waals surface area contributed by atoms with Crippen LogP contribution in [0.4, 0.5) is 0 Å². The molecule has 2 heterocycles. The average molecular weight is 399 g/mol. The Morgan fingerprint density at radius 2 is 2.09 bits per heavy atom. The van der Waals surface area contributed by atoms with E-state index in [0.29, 0.717) is 6.04 Å². The summed E-state index contributed by atoms with van der Waals surface area (Å²) < 4.78 is 6.48. The lowest BCUT2D eigenvalue weighted by Crippen LogP contribution is -2.45. The minimum atomic E-state index is 0. The molecule has 1 aromatic carbocycles. The molecule has 1 unspecified atom stereocenters. The predicted octanol–water partition coefficient (Wildman–Crippen LogP) is 3.42. The maximum atomic E-state index is 5.35. The maximum absolute atomic E-state index is 5.35. The van der Waals surface area contributed by atoms with E-state index in [-0.39, 0.29) is 12.4 Å². The van der Waals surface area contributed by atoms with Gasteiger partial charge in [-0.1, -0.05) is 15.9 Å². The van der Waals surface area contributed by atoms with Crippen LogP contribution in [0.25, 0.3) is 0 Å². The number of nitrogens with zero attached hydrogens (tertiary/aromatic N) is 2. The molecule has 0 saturated carbocycles. The van der Waals surface area contributed by atoms with Crippen molar-refractivity contribution in [2.24, 2.45) is 0 Å². The van der Waals surface area contributed by atoms with Crippen molar-refractivity contribution >= 4 is 28.3 Å². The number of nitrogens with one attached hydrogen (secondary N) is 1. The van der Waals surface area contributed by atoms with Crippen LogP contribution in [-0.2, 0) is 6.54 Å². The molecule has 0 radical (unpaired) electrons. The van der Waals surface area contributed by atoms with Crippen molar-refractivity contribution in [1.29, 1.82) is 0 Å². The Morgan fingerprint density at radius 3 is 2.83 bits per heavy atom. The summed E-state index contributed by atoms with van der Waals surface area (Å²) in [5, 5.41) is 3.49. The van der Waals surface area contributed by atoms with Crippen molar-refractivity contribution in [3.8, 4) is 5.75 Å². The summed E-state index contributed by atoms with van der Waals surface area (Å²) in [6.45, 7) is 3.90. The van der Waals surface area contributed by atoms with Crippen LogP contribution in [0.3, 0.4) is 0 Å². The lowest BCUT2D eigenvalue weighted by atomic mass is 10.0. The predicted molar refractivity (Wildman–Crippen MR) is 98.2 cm³/mol. The van der Waals surface area contributed by atoms with Gasteiger partial charge in [0.2, 0.25) is 0 Å². The van der Waals surface area contributed by atoms with E-state index in [9.17, 15) is 0 Å². The summed E-state index contributed by atoms with van der Waals surface area (Å²) in [5.74, 6) is 0.897. The number of ether oxygens (including phenoxy) is 1. The van der Waals surface area contributed by atoms with E-state index in [4.69, 9.17) is 4.74 Å². The molecule has 1 saturated heterocycles. The van der Waals surface area contributed by atoms with E-state index in [0.717, 1.165) is 36.4 Å². The highest BCUT2D eigenvalue weighted by molar-refractivity contribution is 9.10. The van der Waals surface area contributed by atoms with E-state index >= 15 is 0 Å². The molecule has 0 aliphatic carbocycles. The smallest absolute Gasteiger partial charge is 0.119 e. The molecule has 0 spiro atoms. The second-order valence-corrected chi connectivity index (χ2v) is 6.28. The maximum Gasteiger partial charge on any atom is 0.119 e. The van der Waals surface area contributed by atoms with Gasteiger partial charge in [0.15, 0.2) is 0 Å². The highest BCUT2D eigenvalue weighted by Crippen LogP contribution is 2.28. The zero-order valence-electron chi connectivity index (χ0n) is 13.0. The first kappa shape index (κ1) is 18.2. The molecule has 0 amide bonds. The Kier molecular flexibility index (Phi) is 6.84. The van der Waals surface area contributed by atoms with Crippen LogP contribution in [0.2, 0.25) is 0 Å². The van der Waals surface area contributed by atoms with E-state index in [2.05, 4.69) is 55.4 Å². The van der Waals surface area contributed by atoms with E-state index in [1.54, 1.807) is 7.11 Å². The summed E-state index contributed by atoms with van der Waals surface area (Å²) in [7, 11) is 1.71. The third-order valence-corrected chi connectivity index (χ3v) is 4.85. The largest absolute Gasteiger partial charge is 0.497 e. The normalized spacial score (nSPS) is 18.3. The van der Waals surface area contributed by atoms with Gasteiger partial charge in [0.25, 0.3) is 0 Å². The van der Waals surface area contributed by atoms with Crippen LogP contribution in [-0.4, -0.2) is 36.6 Å². The van der Waals surface area contributed by atoms with Gasteiger partial charge in [-0.2, -0.15) is 0 Å². The lowest BCUT2D eigenvalue weighted by Gasteiger charge is -2.36. The third kappa shape index (κ3) is 4.44. The first-order valence-electron chi connectivity index (χ1n) is 7.45. The Morgan fingerprint density at radius 1 is 1.30 bits per heavy atom. The van der Waals surface area contributed by atoms with Crippen molar-refractivity contribution in [2.75, 3.05) is 26.7 Å². The van der Waals surface area contributed by atoms with Crippen LogP contribution in [0.15, 0.2) is 47.2 Å². The molecule has 0 bridgehead atoms. The van der Waals surface area contributed by atoms with Crippen LogP contribution in [0.1, 0.15) is 17.2 Å². The summed E-state index contributed by atoms with van der Waals surface area (Å²) >= 11 is 3.65. The van der Waals surface area contributed by atoms with Crippen LogP contribution in [0, 0.1) is 0 Å². The summed E-state index contributed by atoms with van der Waals surface area (Å²) in [4.78, 5) is 6.63. The van der Waals surface area contributed by atoms with Crippen LogP contribution >= 0.6 is 28.3 Å². The highest BCUT2D eigenvalue weighted by atomic mass is 79.9. The number of rotatable bonds is 4. The van der Waals surface area contributed by atoms with Crippen molar-refractivity contribution in [1.82, 2.24) is 15.2 Å². The van der Waals surface area contributed by atoms with Gasteiger partial charge in [0.05, 0.1) is 7.11 Å².